The number of aliphatic carboxylic acids is 1. The molecule has 2 aromatic rings. The van der Waals surface area contributed by atoms with Crippen molar-refractivity contribution in [2.75, 3.05) is 13.2 Å². The summed E-state index contributed by atoms with van der Waals surface area (Å²) in [7, 11) is 0. The summed E-state index contributed by atoms with van der Waals surface area (Å²) in [6.07, 6.45) is 0.221. The van der Waals surface area contributed by atoms with Gasteiger partial charge >= 0.3 is 5.97 Å². The lowest BCUT2D eigenvalue weighted by Gasteiger charge is -2.23. The SMILES string of the molecule is Cc1c(C(=O)NC2(C(=O)O)CCOC2)oc2ccc(Cl)cc12. The third-order valence-corrected chi connectivity index (χ3v) is 4.12. The van der Waals surface area contributed by atoms with Gasteiger partial charge in [0.15, 0.2) is 11.3 Å². The van der Waals surface area contributed by atoms with Crippen molar-refractivity contribution in [2.24, 2.45) is 0 Å². The third-order valence-electron chi connectivity index (χ3n) is 3.89. The number of carboxylic acids is 1. The third kappa shape index (κ3) is 2.34. The van der Waals surface area contributed by atoms with Crippen molar-refractivity contribution >= 4 is 34.4 Å². The molecule has 6 nitrogen and oxygen atoms in total. The summed E-state index contributed by atoms with van der Waals surface area (Å²) in [4.78, 5) is 23.9. The molecule has 1 aliphatic rings. The van der Waals surface area contributed by atoms with Crippen LogP contribution in [-0.2, 0) is 9.53 Å². The second kappa shape index (κ2) is 5.30. The minimum Gasteiger partial charge on any atom is -0.479 e. The van der Waals surface area contributed by atoms with Gasteiger partial charge < -0.3 is 19.6 Å². The van der Waals surface area contributed by atoms with Gasteiger partial charge in [-0.05, 0) is 25.1 Å². The van der Waals surface area contributed by atoms with Crippen LogP contribution in [0.3, 0.4) is 0 Å². The van der Waals surface area contributed by atoms with Gasteiger partial charge in [0, 0.05) is 29.0 Å². The van der Waals surface area contributed by atoms with E-state index in [0.717, 1.165) is 5.39 Å². The highest BCUT2D eigenvalue weighted by molar-refractivity contribution is 6.31. The van der Waals surface area contributed by atoms with E-state index in [1.54, 1.807) is 25.1 Å². The molecule has 1 aliphatic heterocycles. The van der Waals surface area contributed by atoms with E-state index in [9.17, 15) is 14.7 Å². The average molecular weight is 324 g/mol. The van der Waals surface area contributed by atoms with Crippen LogP contribution in [0.15, 0.2) is 22.6 Å². The zero-order chi connectivity index (χ0) is 15.9. The number of amides is 1. The van der Waals surface area contributed by atoms with Gasteiger partial charge in [0.25, 0.3) is 5.91 Å². The first kappa shape index (κ1) is 14.9. The zero-order valence-electron chi connectivity index (χ0n) is 11.8. The number of carboxylic acid groups (broad SMARTS) is 1. The highest BCUT2D eigenvalue weighted by Gasteiger charge is 2.44. The van der Waals surface area contributed by atoms with Crippen molar-refractivity contribution in [1.82, 2.24) is 5.32 Å². The Morgan fingerprint density at radius 2 is 2.18 bits per heavy atom. The molecule has 2 heterocycles. The van der Waals surface area contributed by atoms with Crippen LogP contribution in [0.2, 0.25) is 5.02 Å². The highest BCUT2D eigenvalue weighted by atomic mass is 35.5. The minimum absolute atomic E-state index is 0.0564. The van der Waals surface area contributed by atoms with Crippen molar-refractivity contribution in [3.63, 3.8) is 0 Å². The lowest BCUT2D eigenvalue weighted by molar-refractivity contribution is -0.144. The van der Waals surface area contributed by atoms with Gasteiger partial charge in [0.1, 0.15) is 5.58 Å². The Balaban J connectivity index is 1.95. The van der Waals surface area contributed by atoms with Gasteiger partial charge in [-0.2, -0.15) is 0 Å². The molecule has 1 aromatic heterocycles. The fourth-order valence-corrected chi connectivity index (χ4v) is 2.74. The molecule has 1 saturated heterocycles. The van der Waals surface area contributed by atoms with E-state index in [-0.39, 0.29) is 18.8 Å². The van der Waals surface area contributed by atoms with Crippen molar-refractivity contribution in [2.45, 2.75) is 18.9 Å². The molecule has 1 atom stereocenters. The average Bonchev–Trinajstić information content (AvgIpc) is 3.06. The number of rotatable bonds is 3. The molecule has 2 N–H and O–H groups in total. The van der Waals surface area contributed by atoms with Gasteiger partial charge in [-0.25, -0.2) is 4.79 Å². The minimum atomic E-state index is -1.40. The number of aryl methyl sites for hydroxylation is 1. The van der Waals surface area contributed by atoms with E-state index in [0.29, 0.717) is 22.8 Å². The number of carbonyl (C=O) groups is 2. The normalized spacial score (nSPS) is 21.2. The van der Waals surface area contributed by atoms with E-state index in [4.69, 9.17) is 20.8 Å². The molecule has 0 bridgehead atoms. The maximum atomic E-state index is 12.4. The van der Waals surface area contributed by atoms with Crippen molar-refractivity contribution in [1.29, 1.82) is 0 Å². The summed E-state index contributed by atoms with van der Waals surface area (Å²) in [5.74, 6) is -1.60. The second-order valence-electron chi connectivity index (χ2n) is 5.34. The Morgan fingerprint density at radius 3 is 2.82 bits per heavy atom. The van der Waals surface area contributed by atoms with E-state index >= 15 is 0 Å². The lowest BCUT2D eigenvalue weighted by Crippen LogP contribution is -2.55. The number of hydrogen-bond donors (Lipinski definition) is 2. The maximum absolute atomic E-state index is 12.4. The summed E-state index contributed by atoms with van der Waals surface area (Å²) in [6.45, 7) is 1.97. The van der Waals surface area contributed by atoms with Crippen LogP contribution in [0.4, 0.5) is 0 Å². The lowest BCUT2D eigenvalue weighted by atomic mass is 9.98. The molecule has 22 heavy (non-hydrogen) atoms. The predicted octanol–water partition coefficient (Wildman–Crippen LogP) is 2.37. The standard InChI is InChI=1S/C15H14ClNO5/c1-8-10-6-9(16)2-3-11(10)22-12(8)13(18)17-15(14(19)20)4-5-21-7-15/h2-3,6H,4-5,7H2,1H3,(H,17,18)(H,19,20). The summed E-state index contributed by atoms with van der Waals surface area (Å²) in [5.41, 5.74) is -0.256. The summed E-state index contributed by atoms with van der Waals surface area (Å²) < 4.78 is 10.7. The molecular formula is C15H14ClNO5. The molecule has 1 amide bonds. The molecule has 3 rings (SSSR count). The molecule has 1 fully saturated rings. The fourth-order valence-electron chi connectivity index (χ4n) is 2.57. The van der Waals surface area contributed by atoms with Crippen LogP contribution in [0.5, 0.6) is 0 Å². The molecule has 7 heteroatoms. The summed E-state index contributed by atoms with van der Waals surface area (Å²) in [6, 6.07) is 5.04. The Kier molecular flexibility index (Phi) is 3.58. The van der Waals surface area contributed by atoms with E-state index in [1.165, 1.54) is 0 Å². The highest BCUT2D eigenvalue weighted by Crippen LogP contribution is 2.29. The molecule has 1 aromatic carbocycles. The first-order valence-electron chi connectivity index (χ1n) is 6.75. The predicted molar refractivity (Wildman–Crippen MR) is 79.2 cm³/mol. The number of carbonyl (C=O) groups excluding carboxylic acids is 1. The van der Waals surface area contributed by atoms with E-state index < -0.39 is 17.4 Å². The van der Waals surface area contributed by atoms with Gasteiger partial charge in [-0.3, -0.25) is 4.79 Å². The number of benzene rings is 1. The molecule has 1 unspecified atom stereocenters. The van der Waals surface area contributed by atoms with Gasteiger partial charge in [0.05, 0.1) is 6.61 Å². The number of hydrogen-bond acceptors (Lipinski definition) is 4. The van der Waals surface area contributed by atoms with E-state index in [2.05, 4.69) is 5.32 Å². The number of furan rings is 1. The molecule has 116 valence electrons. The number of halogens is 1. The largest absolute Gasteiger partial charge is 0.479 e. The zero-order valence-corrected chi connectivity index (χ0v) is 12.6. The smallest absolute Gasteiger partial charge is 0.331 e. The summed E-state index contributed by atoms with van der Waals surface area (Å²) in [5, 5.41) is 13.2. The first-order chi connectivity index (χ1) is 10.4. The Morgan fingerprint density at radius 1 is 1.41 bits per heavy atom. The number of fused-ring (bicyclic) bond motifs is 1. The van der Waals surface area contributed by atoms with Crippen LogP contribution < -0.4 is 5.32 Å². The van der Waals surface area contributed by atoms with Crippen LogP contribution in [-0.4, -0.2) is 35.7 Å². The fraction of sp³-hybridized carbons (Fsp3) is 0.333. The van der Waals surface area contributed by atoms with Crippen LogP contribution in [0.25, 0.3) is 11.0 Å². The van der Waals surface area contributed by atoms with Gasteiger partial charge in [-0.15, -0.1) is 0 Å². The van der Waals surface area contributed by atoms with Crippen LogP contribution in [0.1, 0.15) is 22.5 Å². The molecule has 0 spiro atoms. The first-order valence-corrected chi connectivity index (χ1v) is 7.13. The van der Waals surface area contributed by atoms with Gasteiger partial charge in [-0.1, -0.05) is 11.6 Å². The monoisotopic (exact) mass is 323 g/mol. The topological polar surface area (TPSA) is 88.8 Å². The van der Waals surface area contributed by atoms with Crippen LogP contribution in [0, 0.1) is 6.92 Å². The maximum Gasteiger partial charge on any atom is 0.331 e. The Bertz CT molecular complexity index is 761. The molecule has 0 radical (unpaired) electrons. The quantitative estimate of drug-likeness (QED) is 0.905. The number of nitrogens with one attached hydrogen (secondary N) is 1. The van der Waals surface area contributed by atoms with Crippen molar-refractivity contribution < 1.29 is 23.8 Å². The van der Waals surface area contributed by atoms with Crippen LogP contribution >= 0.6 is 11.6 Å². The van der Waals surface area contributed by atoms with E-state index in [1.807, 2.05) is 0 Å². The number of ether oxygens (including phenoxy) is 1. The Labute approximate surface area is 131 Å². The summed E-state index contributed by atoms with van der Waals surface area (Å²) >= 11 is 5.94. The molecule has 0 saturated carbocycles. The van der Waals surface area contributed by atoms with Crippen molar-refractivity contribution in [3.05, 3.63) is 34.5 Å². The molecular weight excluding hydrogens is 310 g/mol. The Hall–Kier alpha value is -2.05. The second-order valence-corrected chi connectivity index (χ2v) is 5.78. The van der Waals surface area contributed by atoms with Gasteiger partial charge in [0.2, 0.25) is 0 Å². The van der Waals surface area contributed by atoms with Crippen molar-refractivity contribution in [3.8, 4) is 0 Å². The molecule has 0 aliphatic carbocycles.